The van der Waals surface area contributed by atoms with Crippen molar-refractivity contribution in [1.82, 2.24) is 4.98 Å². The summed E-state index contributed by atoms with van der Waals surface area (Å²) in [5.41, 5.74) is 0.310. The van der Waals surface area contributed by atoms with Gasteiger partial charge in [-0.2, -0.15) is 0 Å². The molecule has 0 spiro atoms. The number of rotatable bonds is 4. The van der Waals surface area contributed by atoms with Crippen molar-refractivity contribution in [2.24, 2.45) is 0 Å². The Bertz CT molecular complexity index is 585. The number of halogens is 2. The van der Waals surface area contributed by atoms with Gasteiger partial charge in [0.1, 0.15) is 5.75 Å². The first kappa shape index (κ1) is 13.1. The van der Waals surface area contributed by atoms with Crippen molar-refractivity contribution in [2.45, 2.75) is 6.43 Å². The maximum atomic E-state index is 12.9. The molecule has 0 aliphatic carbocycles. The first-order chi connectivity index (χ1) is 9.13. The van der Waals surface area contributed by atoms with Crippen LogP contribution in [0.3, 0.4) is 0 Å². The molecule has 0 N–H and O–H groups in total. The molecule has 98 valence electrons. The van der Waals surface area contributed by atoms with Gasteiger partial charge in [0.25, 0.3) is 6.43 Å². The number of ether oxygens (including phenoxy) is 1. The molecule has 0 aliphatic heterocycles. The van der Waals surface area contributed by atoms with Crippen LogP contribution in [0.2, 0.25) is 0 Å². The third-order valence-corrected chi connectivity index (χ3v) is 2.67. The number of carbonyl (C=O) groups is 1. The van der Waals surface area contributed by atoms with E-state index in [2.05, 4.69) is 4.98 Å². The van der Waals surface area contributed by atoms with Crippen LogP contribution in [0.1, 0.15) is 27.9 Å². The number of alkyl halides is 2. The topological polar surface area (TPSA) is 39.2 Å². The summed E-state index contributed by atoms with van der Waals surface area (Å²) in [4.78, 5) is 15.9. The number of benzene rings is 1. The van der Waals surface area contributed by atoms with E-state index >= 15 is 0 Å². The van der Waals surface area contributed by atoms with Gasteiger partial charge in [-0.25, -0.2) is 8.78 Å². The number of carbonyl (C=O) groups excluding carboxylic acids is 1. The van der Waals surface area contributed by atoms with Crippen LogP contribution in [0.4, 0.5) is 8.78 Å². The number of methoxy groups -OCH3 is 1. The number of hydrogen-bond acceptors (Lipinski definition) is 3. The van der Waals surface area contributed by atoms with Gasteiger partial charge in [0.15, 0.2) is 5.78 Å². The van der Waals surface area contributed by atoms with E-state index in [0.717, 1.165) is 6.07 Å². The Morgan fingerprint density at radius 3 is 2.42 bits per heavy atom. The minimum absolute atomic E-state index is 0.0706. The average Bonchev–Trinajstić information content (AvgIpc) is 2.46. The van der Waals surface area contributed by atoms with Crippen LogP contribution in [-0.2, 0) is 0 Å². The normalized spacial score (nSPS) is 10.5. The molecule has 0 bridgehead atoms. The van der Waals surface area contributed by atoms with E-state index in [1.165, 1.54) is 43.8 Å². The lowest BCUT2D eigenvalue weighted by Crippen LogP contribution is -2.03. The fraction of sp³-hybridized carbons (Fsp3) is 0.143. The summed E-state index contributed by atoms with van der Waals surface area (Å²) >= 11 is 0. The van der Waals surface area contributed by atoms with Gasteiger partial charge in [-0.1, -0.05) is 0 Å². The fourth-order valence-corrected chi connectivity index (χ4v) is 1.72. The second-order valence-corrected chi connectivity index (χ2v) is 3.82. The van der Waals surface area contributed by atoms with E-state index in [9.17, 15) is 13.6 Å². The van der Waals surface area contributed by atoms with Crippen LogP contribution < -0.4 is 4.74 Å². The van der Waals surface area contributed by atoms with Gasteiger partial charge in [-0.05, 0) is 30.3 Å². The smallest absolute Gasteiger partial charge is 0.267 e. The molecule has 1 aromatic heterocycles. The third-order valence-electron chi connectivity index (χ3n) is 2.67. The predicted octanol–water partition coefficient (Wildman–Crippen LogP) is 3.26. The minimum Gasteiger partial charge on any atom is -0.496 e. The Labute approximate surface area is 108 Å². The zero-order chi connectivity index (χ0) is 13.8. The molecule has 0 atom stereocenters. The number of ketones is 1. The molecular formula is C14H11F2NO2. The van der Waals surface area contributed by atoms with E-state index in [0.29, 0.717) is 5.56 Å². The molecule has 1 aromatic carbocycles. The number of hydrogen-bond donors (Lipinski definition) is 0. The van der Waals surface area contributed by atoms with Gasteiger partial charge >= 0.3 is 0 Å². The van der Waals surface area contributed by atoms with Crippen molar-refractivity contribution in [2.75, 3.05) is 7.11 Å². The molecule has 3 nitrogen and oxygen atoms in total. The van der Waals surface area contributed by atoms with Crippen molar-refractivity contribution >= 4 is 5.78 Å². The maximum absolute atomic E-state index is 12.9. The Balaban J connectivity index is 2.41. The molecule has 1 heterocycles. The highest BCUT2D eigenvalue weighted by Gasteiger charge is 2.17. The molecule has 0 unspecified atom stereocenters. The van der Waals surface area contributed by atoms with Crippen molar-refractivity contribution in [1.29, 1.82) is 0 Å². The molecule has 0 saturated heterocycles. The van der Waals surface area contributed by atoms with Crippen LogP contribution in [0.25, 0.3) is 0 Å². The maximum Gasteiger partial charge on any atom is 0.267 e. The molecule has 2 aromatic rings. The van der Waals surface area contributed by atoms with E-state index in [-0.39, 0.29) is 22.7 Å². The standard InChI is InChI=1S/C14H11F2NO2/c1-19-12-3-2-10(8-11(12)14(15)16)13(18)9-4-6-17-7-5-9/h2-8,14H,1H3. The van der Waals surface area contributed by atoms with Crippen molar-refractivity contribution in [3.8, 4) is 5.75 Å². The lowest BCUT2D eigenvalue weighted by Gasteiger charge is -2.09. The average molecular weight is 263 g/mol. The quantitative estimate of drug-likeness (QED) is 0.795. The zero-order valence-electron chi connectivity index (χ0n) is 10.1. The van der Waals surface area contributed by atoms with Gasteiger partial charge in [-0.15, -0.1) is 0 Å². The summed E-state index contributed by atoms with van der Waals surface area (Å²) in [7, 11) is 1.31. The van der Waals surface area contributed by atoms with Gasteiger partial charge in [0, 0.05) is 23.5 Å². The number of aromatic nitrogens is 1. The SMILES string of the molecule is COc1ccc(C(=O)c2ccncc2)cc1C(F)F. The Morgan fingerprint density at radius 1 is 1.16 bits per heavy atom. The minimum atomic E-state index is -2.69. The largest absolute Gasteiger partial charge is 0.496 e. The summed E-state index contributed by atoms with van der Waals surface area (Å²) < 4.78 is 30.6. The van der Waals surface area contributed by atoms with Crippen LogP contribution in [0, 0.1) is 0 Å². The van der Waals surface area contributed by atoms with Gasteiger partial charge < -0.3 is 4.74 Å². The highest BCUT2D eigenvalue weighted by molar-refractivity contribution is 6.09. The molecule has 0 fully saturated rings. The first-order valence-electron chi connectivity index (χ1n) is 5.54. The molecule has 2 rings (SSSR count). The summed E-state index contributed by atoms with van der Waals surface area (Å²) in [5.74, 6) is -0.256. The Kier molecular flexibility index (Phi) is 3.85. The van der Waals surface area contributed by atoms with Crippen LogP contribution in [-0.4, -0.2) is 17.9 Å². The van der Waals surface area contributed by atoms with E-state index in [1.807, 2.05) is 0 Å². The van der Waals surface area contributed by atoms with Crippen molar-refractivity contribution in [3.05, 3.63) is 59.4 Å². The summed E-state index contributed by atoms with van der Waals surface area (Å²) in [6.07, 6.45) is 0.260. The third kappa shape index (κ3) is 2.76. The lowest BCUT2D eigenvalue weighted by atomic mass is 10.0. The van der Waals surface area contributed by atoms with Crippen LogP contribution in [0.5, 0.6) is 5.75 Å². The first-order valence-corrected chi connectivity index (χ1v) is 5.54. The molecule has 0 saturated carbocycles. The zero-order valence-corrected chi connectivity index (χ0v) is 10.1. The van der Waals surface area contributed by atoms with Gasteiger partial charge in [0.05, 0.1) is 12.7 Å². The highest BCUT2D eigenvalue weighted by Crippen LogP contribution is 2.30. The van der Waals surface area contributed by atoms with Crippen molar-refractivity contribution in [3.63, 3.8) is 0 Å². The number of pyridine rings is 1. The van der Waals surface area contributed by atoms with Crippen LogP contribution in [0.15, 0.2) is 42.7 Å². The molecular weight excluding hydrogens is 252 g/mol. The molecule has 5 heteroatoms. The molecule has 0 radical (unpaired) electrons. The second kappa shape index (κ2) is 5.56. The fourth-order valence-electron chi connectivity index (χ4n) is 1.72. The molecule has 19 heavy (non-hydrogen) atoms. The lowest BCUT2D eigenvalue weighted by molar-refractivity contribution is 0.103. The van der Waals surface area contributed by atoms with E-state index in [1.54, 1.807) is 0 Å². The summed E-state index contributed by atoms with van der Waals surface area (Å²) in [6.45, 7) is 0. The predicted molar refractivity (Wildman–Crippen MR) is 65.6 cm³/mol. The van der Waals surface area contributed by atoms with Crippen LogP contribution >= 0.6 is 0 Å². The van der Waals surface area contributed by atoms with E-state index < -0.39 is 6.43 Å². The number of nitrogens with zero attached hydrogens (tertiary/aromatic N) is 1. The Hall–Kier alpha value is -2.30. The van der Waals surface area contributed by atoms with E-state index in [4.69, 9.17) is 4.74 Å². The monoisotopic (exact) mass is 263 g/mol. The van der Waals surface area contributed by atoms with Gasteiger partial charge in [-0.3, -0.25) is 9.78 Å². The second-order valence-electron chi connectivity index (χ2n) is 3.82. The highest BCUT2D eigenvalue weighted by atomic mass is 19.3. The molecule has 0 amide bonds. The Morgan fingerprint density at radius 2 is 1.84 bits per heavy atom. The summed E-state index contributed by atoms with van der Waals surface area (Å²) in [6, 6.07) is 7.07. The summed E-state index contributed by atoms with van der Waals surface area (Å²) in [5, 5.41) is 0. The molecule has 0 aliphatic rings. The van der Waals surface area contributed by atoms with Gasteiger partial charge in [0.2, 0.25) is 0 Å². The van der Waals surface area contributed by atoms with Crippen molar-refractivity contribution < 1.29 is 18.3 Å².